The van der Waals surface area contributed by atoms with E-state index in [1.54, 1.807) is 0 Å². The number of hydrogen-bond acceptors (Lipinski definition) is 2. The fraction of sp³-hybridized carbons (Fsp3) is 0.700. The smallest absolute Gasteiger partial charge is 0.0948 e. The Labute approximate surface area is 89.0 Å². The van der Waals surface area contributed by atoms with E-state index in [2.05, 4.69) is 9.55 Å². The van der Waals surface area contributed by atoms with Gasteiger partial charge in [-0.2, -0.15) is 0 Å². The van der Waals surface area contributed by atoms with Gasteiger partial charge in [0.25, 0.3) is 0 Å². The van der Waals surface area contributed by atoms with E-state index in [1.807, 2.05) is 12.5 Å². The van der Waals surface area contributed by atoms with Crippen LogP contribution in [0, 0.1) is 5.92 Å². The first-order chi connectivity index (χ1) is 6.90. The highest BCUT2D eigenvalue weighted by Crippen LogP contribution is 2.17. The van der Waals surface area contributed by atoms with Gasteiger partial charge in [0, 0.05) is 26.0 Å². The Hall–Kier alpha value is -0.540. The molecule has 1 aromatic rings. The molecule has 0 N–H and O–H groups in total. The Morgan fingerprint density at radius 2 is 2.57 bits per heavy atom. The van der Waals surface area contributed by atoms with Crippen LogP contribution in [0.5, 0.6) is 0 Å². The molecule has 14 heavy (non-hydrogen) atoms. The van der Waals surface area contributed by atoms with E-state index < -0.39 is 0 Å². The van der Waals surface area contributed by atoms with E-state index in [1.165, 1.54) is 12.8 Å². The van der Waals surface area contributed by atoms with Crippen molar-refractivity contribution in [1.29, 1.82) is 0 Å². The zero-order valence-corrected chi connectivity index (χ0v) is 8.91. The van der Waals surface area contributed by atoms with Gasteiger partial charge in [-0.1, -0.05) is 0 Å². The molecule has 1 fully saturated rings. The second kappa shape index (κ2) is 4.80. The molecule has 1 unspecified atom stereocenters. The summed E-state index contributed by atoms with van der Waals surface area (Å²) in [6.07, 6.45) is 6.05. The van der Waals surface area contributed by atoms with Gasteiger partial charge >= 0.3 is 0 Å². The number of nitrogens with zero attached hydrogens (tertiary/aromatic N) is 2. The molecule has 1 atom stereocenters. The maximum atomic E-state index is 5.78. The molecule has 2 heterocycles. The van der Waals surface area contributed by atoms with Crippen LogP contribution in [0.25, 0.3) is 0 Å². The summed E-state index contributed by atoms with van der Waals surface area (Å²) in [5.41, 5.74) is 1.10. The third-order valence-corrected chi connectivity index (χ3v) is 3.01. The molecule has 1 aliphatic heterocycles. The SMILES string of the molecule is ClCc1cncn1CCC1CCOC1. The first kappa shape index (κ1) is 9.99. The van der Waals surface area contributed by atoms with Crippen molar-refractivity contribution >= 4 is 11.6 Å². The summed E-state index contributed by atoms with van der Waals surface area (Å²) in [5, 5.41) is 0. The lowest BCUT2D eigenvalue weighted by Crippen LogP contribution is -2.07. The van der Waals surface area contributed by atoms with Crippen molar-refractivity contribution in [2.24, 2.45) is 5.92 Å². The van der Waals surface area contributed by atoms with Crippen LogP contribution in [0.15, 0.2) is 12.5 Å². The zero-order valence-electron chi connectivity index (χ0n) is 8.16. The van der Waals surface area contributed by atoms with Crippen LogP contribution >= 0.6 is 11.6 Å². The average Bonchev–Trinajstić information content (AvgIpc) is 2.85. The molecular weight excluding hydrogens is 200 g/mol. The predicted octanol–water partition coefficient (Wildman–Crippen LogP) is 2.05. The van der Waals surface area contributed by atoms with Crippen LogP contribution in [-0.4, -0.2) is 22.8 Å². The van der Waals surface area contributed by atoms with E-state index in [0.717, 1.165) is 31.4 Å². The van der Waals surface area contributed by atoms with Crippen molar-refractivity contribution < 1.29 is 4.74 Å². The second-order valence-electron chi connectivity index (χ2n) is 3.73. The fourth-order valence-corrected chi connectivity index (χ4v) is 2.02. The van der Waals surface area contributed by atoms with Crippen molar-refractivity contribution in [3.63, 3.8) is 0 Å². The number of ether oxygens (including phenoxy) is 1. The Morgan fingerprint density at radius 3 is 3.29 bits per heavy atom. The monoisotopic (exact) mass is 214 g/mol. The molecule has 3 nitrogen and oxygen atoms in total. The summed E-state index contributed by atoms with van der Waals surface area (Å²) in [7, 11) is 0. The van der Waals surface area contributed by atoms with E-state index >= 15 is 0 Å². The highest BCUT2D eigenvalue weighted by atomic mass is 35.5. The summed E-state index contributed by atoms with van der Waals surface area (Å²) < 4.78 is 7.46. The summed E-state index contributed by atoms with van der Waals surface area (Å²) in [4.78, 5) is 4.09. The number of hydrogen-bond donors (Lipinski definition) is 0. The standard InChI is InChI=1S/C10H15ClN2O/c11-5-10-6-12-8-13(10)3-1-9-2-4-14-7-9/h6,8-9H,1-5,7H2. The fourth-order valence-electron chi connectivity index (χ4n) is 1.79. The lowest BCUT2D eigenvalue weighted by molar-refractivity contribution is 0.183. The lowest BCUT2D eigenvalue weighted by atomic mass is 10.1. The van der Waals surface area contributed by atoms with Crippen LogP contribution in [0.1, 0.15) is 18.5 Å². The molecular formula is C10H15ClN2O. The van der Waals surface area contributed by atoms with E-state index in [9.17, 15) is 0 Å². The molecule has 78 valence electrons. The first-order valence-electron chi connectivity index (χ1n) is 5.03. The predicted molar refractivity (Wildman–Crippen MR) is 55.3 cm³/mol. The highest BCUT2D eigenvalue weighted by Gasteiger charge is 2.15. The molecule has 1 aliphatic rings. The molecule has 0 saturated carbocycles. The molecule has 4 heteroatoms. The van der Waals surface area contributed by atoms with Gasteiger partial charge in [0.1, 0.15) is 0 Å². The summed E-state index contributed by atoms with van der Waals surface area (Å²) in [6.45, 7) is 2.86. The first-order valence-corrected chi connectivity index (χ1v) is 5.56. The maximum absolute atomic E-state index is 5.78. The Kier molecular flexibility index (Phi) is 3.43. The van der Waals surface area contributed by atoms with Crippen LogP contribution in [0.4, 0.5) is 0 Å². The molecule has 0 bridgehead atoms. The van der Waals surface area contributed by atoms with Crippen molar-refractivity contribution in [3.8, 4) is 0 Å². The van der Waals surface area contributed by atoms with Crippen molar-refractivity contribution in [3.05, 3.63) is 18.2 Å². The van der Waals surface area contributed by atoms with Gasteiger partial charge in [0.05, 0.1) is 17.9 Å². The number of alkyl halides is 1. The van der Waals surface area contributed by atoms with E-state index in [-0.39, 0.29) is 0 Å². The zero-order chi connectivity index (χ0) is 9.80. The second-order valence-corrected chi connectivity index (χ2v) is 4.00. The summed E-state index contributed by atoms with van der Waals surface area (Å²) >= 11 is 5.78. The number of imidazole rings is 1. The van der Waals surface area contributed by atoms with E-state index in [0.29, 0.717) is 5.88 Å². The number of aromatic nitrogens is 2. The minimum atomic E-state index is 0.543. The summed E-state index contributed by atoms with van der Waals surface area (Å²) in [5.74, 6) is 1.27. The van der Waals surface area contributed by atoms with Gasteiger partial charge in [-0.25, -0.2) is 4.98 Å². The Balaban J connectivity index is 1.84. The van der Waals surface area contributed by atoms with Crippen LogP contribution < -0.4 is 0 Å². The highest BCUT2D eigenvalue weighted by molar-refractivity contribution is 6.16. The van der Waals surface area contributed by atoms with Gasteiger partial charge in [-0.15, -0.1) is 11.6 Å². The van der Waals surface area contributed by atoms with Crippen molar-refractivity contribution in [1.82, 2.24) is 9.55 Å². The van der Waals surface area contributed by atoms with Crippen LogP contribution in [-0.2, 0) is 17.2 Å². The molecule has 0 radical (unpaired) electrons. The molecule has 0 aliphatic carbocycles. The number of aryl methyl sites for hydroxylation is 1. The minimum Gasteiger partial charge on any atom is -0.381 e. The quantitative estimate of drug-likeness (QED) is 0.718. The van der Waals surface area contributed by atoms with Gasteiger partial charge in [0.2, 0.25) is 0 Å². The molecule has 2 rings (SSSR count). The normalized spacial score (nSPS) is 21.6. The van der Waals surface area contributed by atoms with Gasteiger partial charge in [0.15, 0.2) is 0 Å². The molecule has 0 amide bonds. The lowest BCUT2D eigenvalue weighted by Gasteiger charge is -2.09. The van der Waals surface area contributed by atoms with Gasteiger partial charge in [-0.3, -0.25) is 0 Å². The average molecular weight is 215 g/mol. The van der Waals surface area contributed by atoms with Crippen LogP contribution in [0.3, 0.4) is 0 Å². The van der Waals surface area contributed by atoms with Crippen LogP contribution in [0.2, 0.25) is 0 Å². The Morgan fingerprint density at radius 1 is 1.64 bits per heavy atom. The third-order valence-electron chi connectivity index (χ3n) is 2.74. The largest absolute Gasteiger partial charge is 0.381 e. The van der Waals surface area contributed by atoms with Crippen molar-refractivity contribution in [2.75, 3.05) is 13.2 Å². The maximum Gasteiger partial charge on any atom is 0.0948 e. The topological polar surface area (TPSA) is 27.1 Å². The number of halogens is 1. The molecule has 0 spiro atoms. The third kappa shape index (κ3) is 2.28. The minimum absolute atomic E-state index is 0.543. The van der Waals surface area contributed by atoms with Crippen molar-refractivity contribution in [2.45, 2.75) is 25.3 Å². The molecule has 0 aromatic carbocycles. The Bertz CT molecular complexity index is 281. The van der Waals surface area contributed by atoms with E-state index in [4.69, 9.17) is 16.3 Å². The molecule has 1 aromatic heterocycles. The molecule has 1 saturated heterocycles. The number of rotatable bonds is 4. The van der Waals surface area contributed by atoms with Gasteiger partial charge in [-0.05, 0) is 18.8 Å². The summed E-state index contributed by atoms with van der Waals surface area (Å²) in [6, 6.07) is 0. The van der Waals surface area contributed by atoms with Gasteiger partial charge < -0.3 is 9.30 Å².